The van der Waals surface area contributed by atoms with E-state index in [1.165, 1.54) is 4.68 Å². The molecule has 0 aliphatic heterocycles. The van der Waals surface area contributed by atoms with Crippen LogP contribution in [0.25, 0.3) is 0 Å². The van der Waals surface area contributed by atoms with Gasteiger partial charge >= 0.3 is 5.97 Å². The van der Waals surface area contributed by atoms with Crippen molar-refractivity contribution >= 4 is 17.7 Å². The number of aryl methyl sites for hydroxylation is 1. The van der Waals surface area contributed by atoms with Gasteiger partial charge in [0.25, 0.3) is 0 Å². The van der Waals surface area contributed by atoms with E-state index in [4.69, 9.17) is 10.9 Å². The topological polar surface area (TPSA) is 94.0 Å². The molecule has 0 radical (unpaired) electrons. The molecular weight excluding hydrogens is 192 g/mol. The van der Waals surface area contributed by atoms with Crippen molar-refractivity contribution in [3.05, 3.63) is 5.82 Å². The first-order valence-corrected chi connectivity index (χ1v) is 4.67. The van der Waals surface area contributed by atoms with E-state index in [-0.39, 0.29) is 5.75 Å². The Kier molecular flexibility index (Phi) is 3.13. The summed E-state index contributed by atoms with van der Waals surface area (Å²) in [7, 11) is 0. The van der Waals surface area contributed by atoms with Gasteiger partial charge in [-0.25, -0.2) is 4.68 Å². The van der Waals surface area contributed by atoms with Gasteiger partial charge in [0, 0.05) is 6.42 Å². The van der Waals surface area contributed by atoms with Crippen molar-refractivity contribution in [1.82, 2.24) is 14.9 Å². The largest absolute Gasteiger partial charge is 0.481 e. The number of nitrogens with zero attached hydrogens (tertiary/aromatic N) is 3. The van der Waals surface area contributed by atoms with Crippen LogP contribution in [0.4, 0.5) is 0 Å². The zero-order valence-electron chi connectivity index (χ0n) is 7.10. The van der Waals surface area contributed by atoms with Crippen LogP contribution in [-0.2, 0) is 11.2 Å². The van der Waals surface area contributed by atoms with Gasteiger partial charge in [-0.05, 0) is 0 Å². The molecule has 3 N–H and O–H groups in total. The predicted molar refractivity (Wildman–Crippen MR) is 47.9 cm³/mol. The van der Waals surface area contributed by atoms with Crippen LogP contribution in [0.2, 0.25) is 0 Å². The molecule has 0 saturated carbocycles. The highest BCUT2D eigenvalue weighted by Crippen LogP contribution is 2.13. The third-order valence-electron chi connectivity index (χ3n) is 1.38. The SMILES string of the molecule is CCc1nnc(SCC(=O)O)n1N. The number of thioether (sulfide) groups is 1. The van der Waals surface area contributed by atoms with E-state index < -0.39 is 5.97 Å². The van der Waals surface area contributed by atoms with Crippen LogP contribution in [0, 0.1) is 0 Å². The van der Waals surface area contributed by atoms with Crippen molar-refractivity contribution in [2.75, 3.05) is 11.6 Å². The van der Waals surface area contributed by atoms with Gasteiger partial charge in [0.2, 0.25) is 5.16 Å². The quantitative estimate of drug-likeness (QED) is 0.515. The van der Waals surface area contributed by atoms with Crippen molar-refractivity contribution < 1.29 is 9.90 Å². The number of aromatic nitrogens is 3. The number of carboxylic acids is 1. The summed E-state index contributed by atoms with van der Waals surface area (Å²) in [5.74, 6) is 5.27. The molecule has 1 aromatic heterocycles. The van der Waals surface area contributed by atoms with E-state index in [0.717, 1.165) is 11.8 Å². The molecule has 0 fully saturated rings. The molecule has 0 aromatic carbocycles. The zero-order valence-corrected chi connectivity index (χ0v) is 7.91. The molecule has 0 aliphatic carbocycles. The molecule has 0 spiro atoms. The van der Waals surface area contributed by atoms with Gasteiger partial charge in [-0.2, -0.15) is 0 Å². The smallest absolute Gasteiger partial charge is 0.313 e. The molecule has 1 rings (SSSR count). The van der Waals surface area contributed by atoms with Gasteiger partial charge in [0.1, 0.15) is 0 Å². The molecule has 0 unspecified atom stereocenters. The number of nitrogen functional groups attached to an aromatic ring is 1. The molecule has 1 aromatic rings. The molecule has 0 saturated heterocycles. The van der Waals surface area contributed by atoms with E-state index in [0.29, 0.717) is 17.4 Å². The van der Waals surface area contributed by atoms with Gasteiger partial charge in [-0.15, -0.1) is 10.2 Å². The van der Waals surface area contributed by atoms with E-state index in [1.54, 1.807) is 0 Å². The standard InChI is InChI=1S/C6H10N4O2S/c1-2-4-8-9-6(10(4)7)13-3-5(11)12/h2-3,7H2,1H3,(H,11,12). The van der Waals surface area contributed by atoms with Crippen molar-refractivity contribution in [2.45, 2.75) is 18.5 Å². The lowest BCUT2D eigenvalue weighted by Crippen LogP contribution is -2.14. The Morgan fingerprint density at radius 2 is 2.38 bits per heavy atom. The second-order valence-corrected chi connectivity index (χ2v) is 3.25. The Bertz CT molecular complexity index is 312. The Balaban J connectivity index is 2.67. The summed E-state index contributed by atoms with van der Waals surface area (Å²) in [5.41, 5.74) is 0. The van der Waals surface area contributed by atoms with E-state index in [2.05, 4.69) is 10.2 Å². The first kappa shape index (κ1) is 9.85. The predicted octanol–water partition coefficient (Wildman–Crippen LogP) is -0.269. The van der Waals surface area contributed by atoms with Crippen LogP contribution in [-0.4, -0.2) is 31.7 Å². The Morgan fingerprint density at radius 3 is 2.85 bits per heavy atom. The van der Waals surface area contributed by atoms with Gasteiger partial charge in [-0.3, -0.25) is 4.79 Å². The molecule has 0 bridgehead atoms. The van der Waals surface area contributed by atoms with Crippen molar-refractivity contribution in [1.29, 1.82) is 0 Å². The lowest BCUT2D eigenvalue weighted by Gasteiger charge is -1.99. The van der Waals surface area contributed by atoms with Crippen LogP contribution in [0.15, 0.2) is 5.16 Å². The fourth-order valence-corrected chi connectivity index (χ4v) is 1.37. The summed E-state index contributed by atoms with van der Waals surface area (Å²) in [6.07, 6.45) is 0.678. The van der Waals surface area contributed by atoms with E-state index in [1.807, 2.05) is 6.92 Å². The molecule has 72 valence electrons. The third-order valence-corrected chi connectivity index (χ3v) is 2.30. The lowest BCUT2D eigenvalue weighted by molar-refractivity contribution is -0.133. The molecule has 7 heteroatoms. The van der Waals surface area contributed by atoms with Gasteiger partial charge < -0.3 is 10.9 Å². The molecule has 6 nitrogen and oxygen atoms in total. The highest BCUT2D eigenvalue weighted by Gasteiger charge is 2.09. The summed E-state index contributed by atoms with van der Waals surface area (Å²) < 4.78 is 1.31. The molecular formula is C6H10N4O2S. The zero-order chi connectivity index (χ0) is 9.84. The number of nitrogens with two attached hydrogens (primary N) is 1. The average molecular weight is 202 g/mol. The van der Waals surface area contributed by atoms with Gasteiger partial charge in [0.15, 0.2) is 5.82 Å². The van der Waals surface area contributed by atoms with E-state index >= 15 is 0 Å². The first-order chi connectivity index (χ1) is 6.15. The second-order valence-electron chi connectivity index (χ2n) is 2.30. The summed E-state index contributed by atoms with van der Waals surface area (Å²) >= 11 is 1.06. The van der Waals surface area contributed by atoms with Crippen LogP contribution in [0.1, 0.15) is 12.7 Å². The molecule has 0 amide bonds. The summed E-state index contributed by atoms with van der Waals surface area (Å²) in [5, 5.41) is 16.4. The summed E-state index contributed by atoms with van der Waals surface area (Å²) in [6.45, 7) is 1.90. The van der Waals surface area contributed by atoms with Crippen molar-refractivity contribution in [2.24, 2.45) is 0 Å². The number of carbonyl (C=O) groups is 1. The van der Waals surface area contributed by atoms with Gasteiger partial charge in [-0.1, -0.05) is 18.7 Å². The van der Waals surface area contributed by atoms with Crippen molar-refractivity contribution in [3.8, 4) is 0 Å². The Labute approximate surface area is 79.1 Å². The molecule has 1 heterocycles. The highest BCUT2D eigenvalue weighted by molar-refractivity contribution is 7.99. The Morgan fingerprint density at radius 1 is 1.69 bits per heavy atom. The normalized spacial score (nSPS) is 10.2. The fourth-order valence-electron chi connectivity index (χ4n) is 0.773. The monoisotopic (exact) mass is 202 g/mol. The first-order valence-electron chi connectivity index (χ1n) is 3.69. The average Bonchev–Trinajstić information content (AvgIpc) is 2.43. The maximum Gasteiger partial charge on any atom is 0.313 e. The van der Waals surface area contributed by atoms with Gasteiger partial charge in [0.05, 0.1) is 5.75 Å². The number of aliphatic carboxylic acids is 1. The summed E-state index contributed by atoms with van der Waals surface area (Å²) in [6, 6.07) is 0. The minimum Gasteiger partial charge on any atom is -0.481 e. The second kappa shape index (κ2) is 4.13. The van der Waals surface area contributed by atoms with Crippen molar-refractivity contribution in [3.63, 3.8) is 0 Å². The van der Waals surface area contributed by atoms with Crippen LogP contribution >= 0.6 is 11.8 Å². The lowest BCUT2D eigenvalue weighted by atomic mass is 10.5. The van der Waals surface area contributed by atoms with E-state index in [9.17, 15) is 4.79 Å². The fraction of sp³-hybridized carbons (Fsp3) is 0.500. The molecule has 13 heavy (non-hydrogen) atoms. The molecule has 0 aliphatic rings. The van der Waals surface area contributed by atoms with Crippen LogP contribution in [0.5, 0.6) is 0 Å². The van der Waals surface area contributed by atoms with Crippen LogP contribution < -0.4 is 5.84 Å². The minimum absolute atomic E-state index is 0.0565. The minimum atomic E-state index is -0.897. The molecule has 0 atom stereocenters. The Hall–Kier alpha value is -1.24. The summed E-state index contributed by atoms with van der Waals surface area (Å²) in [4.78, 5) is 10.2. The number of rotatable bonds is 4. The maximum atomic E-state index is 10.2. The number of hydrogen-bond donors (Lipinski definition) is 2. The van der Waals surface area contributed by atoms with Crippen LogP contribution in [0.3, 0.4) is 0 Å². The number of hydrogen-bond acceptors (Lipinski definition) is 5. The number of carboxylic acid groups (broad SMARTS) is 1. The third kappa shape index (κ3) is 2.35. The maximum absolute atomic E-state index is 10.2. The highest BCUT2D eigenvalue weighted by atomic mass is 32.2.